The minimum Gasteiger partial charge on any atom is -0.377 e. The van der Waals surface area contributed by atoms with Crippen LogP contribution in [0.4, 0.5) is 4.39 Å². The van der Waals surface area contributed by atoms with Crippen LogP contribution in [0, 0.1) is 0 Å². The average Bonchev–Trinajstić information content (AvgIpc) is 2.59. The molecule has 0 bridgehead atoms. The van der Waals surface area contributed by atoms with Gasteiger partial charge in [0.05, 0.1) is 12.6 Å². The van der Waals surface area contributed by atoms with Gasteiger partial charge in [-0.05, 0) is 6.07 Å². The van der Waals surface area contributed by atoms with Crippen LogP contribution in [-0.4, -0.2) is 35.7 Å². The molecule has 14 heavy (non-hydrogen) atoms. The van der Waals surface area contributed by atoms with Crippen molar-refractivity contribution in [3.05, 3.63) is 18.5 Å². The minimum atomic E-state index is -0.571. The van der Waals surface area contributed by atoms with Gasteiger partial charge in [0.2, 0.25) is 0 Å². The van der Waals surface area contributed by atoms with Gasteiger partial charge in [-0.25, -0.2) is 4.39 Å². The molecule has 0 saturated heterocycles. The summed E-state index contributed by atoms with van der Waals surface area (Å²) in [6.07, 6.45) is 2.89. The third-order valence-electron chi connectivity index (χ3n) is 1.89. The lowest BCUT2D eigenvalue weighted by Gasteiger charge is -2.19. The highest BCUT2D eigenvalue weighted by atomic mass is 35.5. The van der Waals surface area contributed by atoms with Crippen molar-refractivity contribution in [1.29, 1.82) is 0 Å². The molecular weight excluding hydrogens is 209 g/mol. The van der Waals surface area contributed by atoms with E-state index in [1.165, 1.54) is 7.11 Å². The Labute approximate surface area is 88.6 Å². The second kappa shape index (κ2) is 6.75. The van der Waals surface area contributed by atoms with Crippen molar-refractivity contribution < 1.29 is 9.13 Å². The van der Waals surface area contributed by atoms with Crippen LogP contribution in [0.1, 0.15) is 0 Å². The molecule has 2 N–H and O–H groups in total. The molecule has 4 nitrogen and oxygen atoms in total. The fourth-order valence-corrected chi connectivity index (χ4v) is 1.09. The highest BCUT2D eigenvalue weighted by molar-refractivity contribution is 5.85. The molecule has 0 fully saturated rings. The van der Waals surface area contributed by atoms with Crippen molar-refractivity contribution in [2.75, 3.05) is 13.8 Å². The summed E-state index contributed by atoms with van der Waals surface area (Å²) in [7, 11) is 1.45. The van der Waals surface area contributed by atoms with Crippen LogP contribution in [-0.2, 0) is 11.3 Å². The molecule has 6 heteroatoms. The van der Waals surface area contributed by atoms with Crippen LogP contribution in [0.2, 0.25) is 0 Å². The molecule has 0 aliphatic rings. The van der Waals surface area contributed by atoms with Gasteiger partial charge >= 0.3 is 0 Å². The molecule has 0 spiro atoms. The van der Waals surface area contributed by atoms with Gasteiger partial charge in [0.15, 0.2) is 0 Å². The summed E-state index contributed by atoms with van der Waals surface area (Å²) in [6, 6.07) is 1.43. The van der Waals surface area contributed by atoms with E-state index in [1.807, 2.05) is 0 Å². The molecule has 0 saturated carbocycles. The Morgan fingerprint density at radius 3 is 2.79 bits per heavy atom. The fraction of sp³-hybridized carbons (Fsp3) is 0.625. The topological polar surface area (TPSA) is 53.1 Å². The highest BCUT2D eigenvalue weighted by Gasteiger charge is 2.17. The predicted molar refractivity (Wildman–Crippen MR) is 54.2 cm³/mol. The second-order valence-electron chi connectivity index (χ2n) is 2.82. The minimum absolute atomic E-state index is 0. The van der Waals surface area contributed by atoms with Gasteiger partial charge in [-0.15, -0.1) is 12.4 Å². The van der Waals surface area contributed by atoms with E-state index >= 15 is 0 Å². The molecule has 0 radical (unpaired) electrons. The zero-order valence-corrected chi connectivity index (χ0v) is 8.78. The van der Waals surface area contributed by atoms with Gasteiger partial charge < -0.3 is 10.5 Å². The largest absolute Gasteiger partial charge is 0.377 e. The van der Waals surface area contributed by atoms with Crippen LogP contribution in [0.15, 0.2) is 18.5 Å². The zero-order chi connectivity index (χ0) is 9.68. The van der Waals surface area contributed by atoms with Gasteiger partial charge in [-0.3, -0.25) is 4.68 Å². The Balaban J connectivity index is 0.00000169. The first-order chi connectivity index (χ1) is 6.27. The summed E-state index contributed by atoms with van der Waals surface area (Å²) in [5.74, 6) is 0. The van der Waals surface area contributed by atoms with E-state index in [9.17, 15) is 4.39 Å². The Morgan fingerprint density at radius 2 is 2.36 bits per heavy atom. The molecule has 82 valence electrons. The highest BCUT2D eigenvalue weighted by Crippen LogP contribution is 1.99. The molecule has 1 aromatic rings. The van der Waals surface area contributed by atoms with E-state index in [0.717, 1.165) is 0 Å². The standard InChI is InChI=1S/C8H14FN3O.ClH/c1-13-8(5-9)7(10)6-12-4-2-3-11-12;/h2-4,7-8H,5-6,10H2,1H3;1H. The normalized spacial score (nSPS) is 14.5. The van der Waals surface area contributed by atoms with Crippen LogP contribution in [0.25, 0.3) is 0 Å². The number of nitrogens with two attached hydrogens (primary N) is 1. The first-order valence-electron chi connectivity index (χ1n) is 4.09. The summed E-state index contributed by atoms with van der Waals surface area (Å²) in [4.78, 5) is 0. The number of methoxy groups -OCH3 is 1. The third kappa shape index (κ3) is 3.61. The summed E-state index contributed by atoms with van der Waals surface area (Å²) in [5.41, 5.74) is 5.70. The van der Waals surface area contributed by atoms with Crippen molar-refractivity contribution in [3.63, 3.8) is 0 Å². The monoisotopic (exact) mass is 223 g/mol. The lowest BCUT2D eigenvalue weighted by atomic mass is 10.2. The van der Waals surface area contributed by atoms with Gasteiger partial charge in [-0.1, -0.05) is 0 Å². The summed E-state index contributed by atoms with van der Waals surface area (Å²) in [5, 5.41) is 3.97. The summed E-state index contributed by atoms with van der Waals surface area (Å²) >= 11 is 0. The third-order valence-corrected chi connectivity index (χ3v) is 1.89. The average molecular weight is 224 g/mol. The van der Waals surface area contributed by atoms with E-state index in [0.29, 0.717) is 6.54 Å². The van der Waals surface area contributed by atoms with Crippen LogP contribution >= 0.6 is 12.4 Å². The number of rotatable bonds is 5. The molecule has 1 heterocycles. The first-order valence-corrected chi connectivity index (χ1v) is 4.09. The Kier molecular flexibility index (Phi) is 6.44. The number of hydrogen-bond acceptors (Lipinski definition) is 3. The van der Waals surface area contributed by atoms with Gasteiger partial charge in [0.25, 0.3) is 0 Å². The van der Waals surface area contributed by atoms with E-state index in [1.54, 1.807) is 23.1 Å². The van der Waals surface area contributed by atoms with Crippen molar-refractivity contribution >= 4 is 12.4 Å². The van der Waals surface area contributed by atoms with Gasteiger partial charge in [0.1, 0.15) is 12.8 Å². The maximum Gasteiger partial charge on any atom is 0.117 e. The van der Waals surface area contributed by atoms with Crippen molar-refractivity contribution in [2.24, 2.45) is 5.73 Å². The molecule has 0 amide bonds. The molecule has 2 unspecified atom stereocenters. The number of ether oxygens (including phenoxy) is 1. The van der Waals surface area contributed by atoms with Crippen LogP contribution in [0.5, 0.6) is 0 Å². The Bertz CT molecular complexity index is 229. The lowest BCUT2D eigenvalue weighted by molar-refractivity contribution is 0.0534. The van der Waals surface area contributed by atoms with E-state index < -0.39 is 12.8 Å². The molecule has 1 aromatic heterocycles. The predicted octanol–water partition coefficient (Wildman–Crippen LogP) is 0.617. The lowest BCUT2D eigenvalue weighted by Crippen LogP contribution is -2.41. The van der Waals surface area contributed by atoms with E-state index in [2.05, 4.69) is 5.10 Å². The van der Waals surface area contributed by atoms with Crippen molar-refractivity contribution in [2.45, 2.75) is 18.7 Å². The number of alkyl halides is 1. The molecule has 1 rings (SSSR count). The maximum atomic E-state index is 12.3. The second-order valence-corrected chi connectivity index (χ2v) is 2.82. The Morgan fingerprint density at radius 1 is 1.64 bits per heavy atom. The molecular formula is C8H15ClFN3O. The maximum absolute atomic E-state index is 12.3. The zero-order valence-electron chi connectivity index (χ0n) is 7.97. The molecule has 2 atom stereocenters. The quantitative estimate of drug-likeness (QED) is 0.796. The van der Waals surface area contributed by atoms with Crippen molar-refractivity contribution in [1.82, 2.24) is 9.78 Å². The SMILES string of the molecule is COC(CF)C(N)Cn1cccn1.Cl. The summed E-state index contributed by atoms with van der Waals surface area (Å²) in [6.45, 7) is -0.103. The number of aromatic nitrogens is 2. The van der Waals surface area contributed by atoms with E-state index in [-0.39, 0.29) is 18.4 Å². The number of halogens is 2. The van der Waals surface area contributed by atoms with Gasteiger partial charge in [-0.2, -0.15) is 5.10 Å². The first kappa shape index (κ1) is 13.4. The molecule has 0 aromatic carbocycles. The van der Waals surface area contributed by atoms with E-state index in [4.69, 9.17) is 10.5 Å². The smallest absolute Gasteiger partial charge is 0.117 e. The van der Waals surface area contributed by atoms with Crippen LogP contribution in [0.3, 0.4) is 0 Å². The van der Waals surface area contributed by atoms with Gasteiger partial charge in [0, 0.05) is 19.5 Å². The molecule has 0 aliphatic heterocycles. The Hall–Kier alpha value is -0.650. The van der Waals surface area contributed by atoms with Crippen molar-refractivity contribution in [3.8, 4) is 0 Å². The number of nitrogens with zero attached hydrogens (tertiary/aromatic N) is 2. The number of hydrogen-bond donors (Lipinski definition) is 1. The van der Waals surface area contributed by atoms with Crippen LogP contribution < -0.4 is 5.73 Å². The molecule has 0 aliphatic carbocycles. The fourth-order valence-electron chi connectivity index (χ4n) is 1.09. The summed E-state index contributed by atoms with van der Waals surface area (Å²) < 4.78 is 18.8.